The number of nitrogens with zero attached hydrogens (tertiary/aromatic N) is 7. The fourth-order valence-electron chi connectivity index (χ4n) is 12.2. The van der Waals surface area contributed by atoms with Crippen LogP contribution in [0.3, 0.4) is 0 Å². The van der Waals surface area contributed by atoms with Crippen molar-refractivity contribution in [3.8, 4) is 0 Å². The van der Waals surface area contributed by atoms with Crippen molar-refractivity contribution < 1.29 is 28.1 Å². The summed E-state index contributed by atoms with van der Waals surface area (Å²) in [6, 6.07) is 39.3. The number of pyridine rings is 3. The van der Waals surface area contributed by atoms with Gasteiger partial charge in [0.25, 0.3) is 0 Å². The van der Waals surface area contributed by atoms with Gasteiger partial charge in [-0.1, -0.05) is 71.7 Å². The highest BCUT2D eigenvalue weighted by atomic mass is 32.2. The summed E-state index contributed by atoms with van der Waals surface area (Å²) in [5.41, 5.74) is 14.8. The van der Waals surface area contributed by atoms with Crippen molar-refractivity contribution in [2.24, 2.45) is 0 Å². The molecule has 3 aliphatic heterocycles. The minimum absolute atomic E-state index is 0.0663. The molecule has 6 aromatic rings. The topological polar surface area (TPSA) is 99.9 Å². The van der Waals surface area contributed by atoms with E-state index in [1.807, 2.05) is 40.2 Å². The lowest BCUT2D eigenvalue weighted by molar-refractivity contribution is -0.709. The lowest BCUT2D eigenvalue weighted by Gasteiger charge is -2.23. The number of hydrogen-bond acceptors (Lipinski definition) is 9. The van der Waals surface area contributed by atoms with Crippen molar-refractivity contribution in [3.05, 3.63) is 175 Å². The van der Waals surface area contributed by atoms with Crippen LogP contribution in [0.1, 0.15) is 141 Å². The van der Waals surface area contributed by atoms with Crippen LogP contribution in [0.15, 0.2) is 139 Å². The zero-order chi connectivity index (χ0) is 61.4. The summed E-state index contributed by atoms with van der Waals surface area (Å²) < 4.78 is 7.16. The Labute approximate surface area is 531 Å². The number of unbranched alkanes of at least 4 members (excludes halogenated alkanes) is 6. The summed E-state index contributed by atoms with van der Waals surface area (Å²) in [6.45, 7) is 18.1. The van der Waals surface area contributed by atoms with E-state index in [1.165, 1.54) is 97.7 Å². The molecule has 0 bridgehead atoms. The van der Waals surface area contributed by atoms with Crippen LogP contribution in [0, 0.1) is 41.5 Å². The Morgan fingerprint density at radius 2 is 0.713 bits per heavy atom. The third-order valence-electron chi connectivity index (χ3n) is 17.0. The second-order valence-corrected chi connectivity index (χ2v) is 26.9. The van der Waals surface area contributed by atoms with Crippen LogP contribution in [0.2, 0.25) is 0 Å². The molecule has 0 unspecified atom stereocenters. The van der Waals surface area contributed by atoms with Crippen LogP contribution in [-0.4, -0.2) is 69.9 Å². The Kier molecular flexibility index (Phi) is 23.3. The minimum atomic E-state index is 0.0663. The van der Waals surface area contributed by atoms with Gasteiger partial charge in [-0.15, -0.1) is 0 Å². The first-order valence-corrected chi connectivity index (χ1v) is 34.1. The van der Waals surface area contributed by atoms with Crippen molar-refractivity contribution in [1.82, 2.24) is 15.5 Å². The molecule has 0 atom stereocenters. The van der Waals surface area contributed by atoms with Crippen LogP contribution in [0.4, 0.5) is 17.1 Å². The molecule has 0 saturated carbocycles. The molecule has 0 radical (unpaired) electrons. The van der Waals surface area contributed by atoms with Gasteiger partial charge >= 0.3 is 0 Å². The van der Waals surface area contributed by atoms with Gasteiger partial charge in [-0.25, -0.2) is 13.7 Å². The molecule has 458 valence electrons. The molecular weight excluding hydrogens is 1140 g/mol. The lowest BCUT2D eigenvalue weighted by atomic mass is 10.1. The van der Waals surface area contributed by atoms with Crippen molar-refractivity contribution in [2.45, 2.75) is 166 Å². The Hall–Kier alpha value is -6.81. The van der Waals surface area contributed by atoms with E-state index in [1.54, 1.807) is 0 Å². The fraction of sp³-hybridized carbons (Fsp3) is 0.417. The molecule has 6 heterocycles. The third kappa shape index (κ3) is 17.5. The Balaban J connectivity index is 0.690. The van der Waals surface area contributed by atoms with Crippen LogP contribution in [-0.2, 0) is 34.0 Å². The second-order valence-electron chi connectivity index (χ2n) is 23.7. The van der Waals surface area contributed by atoms with E-state index < -0.39 is 0 Å². The van der Waals surface area contributed by atoms with Gasteiger partial charge < -0.3 is 30.2 Å². The first-order valence-electron chi connectivity index (χ1n) is 31.6. The monoisotopic (exact) mass is 1230 g/mol. The number of aromatic nitrogens is 3. The van der Waals surface area contributed by atoms with Gasteiger partial charge in [0.05, 0.1) is 32.1 Å². The van der Waals surface area contributed by atoms with Crippen molar-refractivity contribution in [1.29, 1.82) is 0 Å². The van der Waals surface area contributed by atoms with Crippen molar-refractivity contribution >= 4 is 88.3 Å². The average Bonchev–Trinajstić information content (AvgIpc) is 2.51. The van der Waals surface area contributed by atoms with Crippen molar-refractivity contribution in [3.63, 3.8) is 0 Å². The predicted molar refractivity (Wildman–Crippen MR) is 362 cm³/mol. The zero-order valence-electron chi connectivity index (χ0n) is 53.1. The lowest BCUT2D eigenvalue weighted by Crippen LogP contribution is -2.40. The summed E-state index contributed by atoms with van der Waals surface area (Å²) >= 11 is 5.44. The molecule has 12 nitrogen and oxygen atoms in total. The summed E-state index contributed by atoms with van der Waals surface area (Å²) in [7, 11) is 6.40. The third-order valence-corrected chi connectivity index (χ3v) is 20.5. The highest BCUT2D eigenvalue weighted by molar-refractivity contribution is 8.04. The summed E-state index contributed by atoms with van der Waals surface area (Å²) in [6.07, 6.45) is 18.1. The van der Waals surface area contributed by atoms with E-state index in [0.717, 1.165) is 77.4 Å². The number of rotatable bonds is 29. The minimum Gasteiger partial charge on any atom is -0.356 e. The van der Waals surface area contributed by atoms with E-state index in [9.17, 15) is 14.4 Å². The zero-order valence-corrected chi connectivity index (χ0v) is 55.5. The number of benzene rings is 3. The Bertz CT molecular complexity index is 3300. The van der Waals surface area contributed by atoms with Crippen molar-refractivity contribution in [2.75, 3.05) is 62.0 Å². The van der Waals surface area contributed by atoms with E-state index in [0.29, 0.717) is 58.3 Å². The first kappa shape index (κ1) is 64.7. The number of aryl methyl sites for hydroxylation is 6. The molecule has 3 aromatic carbocycles. The summed E-state index contributed by atoms with van der Waals surface area (Å²) in [5.74, 6) is 0.276. The number of anilines is 3. The maximum Gasteiger partial charge on any atom is 0.222 e. The number of para-hydroxylation sites is 3. The van der Waals surface area contributed by atoms with Crippen LogP contribution < -0.4 is 39.0 Å². The van der Waals surface area contributed by atoms with E-state index in [4.69, 9.17) is 0 Å². The molecule has 3 aliphatic rings. The molecule has 3 amide bonds. The van der Waals surface area contributed by atoms with Crippen LogP contribution in [0.25, 0.3) is 18.2 Å². The van der Waals surface area contributed by atoms with Gasteiger partial charge in [0.15, 0.2) is 34.2 Å². The standard InChI is InChI=1S/C72H90N9O3S3/c1-52-43-58(49-70-75(7)61-27-16-19-30-64(61)85-70)44-53(2)79(52)40-22-10-13-33-67(82)73-36-25-38-78(69(84)35-15-12-24-42-81-56(5)47-60(48-57(81)6)51-72-77(9)63-29-18-21-32-66(63)87-72)39-26-37-74-68(83)34-14-11-23-41-80-54(3)45-59(46-55(80)4)50-71-76(8)62-28-17-20-31-65(62)86-71/h16-21,27-32,43-51H,10-15,22-26,33-42H2,1-9H3/q+1/p+2. The van der Waals surface area contributed by atoms with Crippen LogP contribution >= 0.6 is 35.3 Å². The SMILES string of the molecule is Cc1cc(C=C2Sc3ccccc3N2C)cc(C)[n+]1CCCCCC(=O)NCCCN(CCCNC(=O)CCCCC[n+]1c(C)cc(C=C2Sc3ccccc3N2C)cc1C)C(=O)CCCCC[n+]1c(C)cc(C=C2Sc3ccccc3N2C)cc1C. The molecule has 0 spiro atoms. The number of carbonyl (C=O) groups is 3. The predicted octanol–water partition coefficient (Wildman–Crippen LogP) is 13.9. The Morgan fingerprint density at radius 3 is 1.02 bits per heavy atom. The molecule has 15 heteroatoms. The molecule has 9 rings (SSSR count). The van der Waals surface area contributed by atoms with E-state index in [-0.39, 0.29) is 17.7 Å². The number of nitrogens with one attached hydrogen (secondary N) is 2. The van der Waals surface area contributed by atoms with Gasteiger partial charge in [-0.3, -0.25) is 14.4 Å². The summed E-state index contributed by atoms with van der Waals surface area (Å²) in [4.78, 5) is 52.6. The molecule has 87 heavy (non-hydrogen) atoms. The average molecular weight is 1230 g/mol. The largest absolute Gasteiger partial charge is 0.356 e. The smallest absolute Gasteiger partial charge is 0.222 e. The second kappa shape index (κ2) is 31.4. The molecule has 0 aliphatic carbocycles. The number of thioether (sulfide) groups is 3. The number of hydrogen-bond donors (Lipinski definition) is 2. The molecule has 2 N–H and O–H groups in total. The highest BCUT2D eigenvalue weighted by Gasteiger charge is 2.26. The van der Waals surface area contributed by atoms with Gasteiger partial charge in [0.1, 0.15) is 19.6 Å². The molecule has 0 saturated heterocycles. The van der Waals surface area contributed by atoms with Gasteiger partial charge in [-0.2, -0.15) is 0 Å². The maximum atomic E-state index is 13.9. The quantitative estimate of drug-likeness (QED) is 0.0351. The fourth-order valence-corrected chi connectivity index (χ4v) is 15.6. The maximum absolute atomic E-state index is 13.9. The van der Waals surface area contributed by atoms with Crippen LogP contribution in [0.5, 0.6) is 0 Å². The van der Waals surface area contributed by atoms with E-state index in [2.05, 4.69) is 229 Å². The molecular formula is C72H92N9O3S3+3. The van der Waals surface area contributed by atoms with E-state index >= 15 is 0 Å². The van der Waals surface area contributed by atoms with Gasteiger partial charge in [-0.05, 0) is 123 Å². The van der Waals surface area contributed by atoms with Gasteiger partial charge in [0.2, 0.25) is 17.7 Å². The van der Waals surface area contributed by atoms with Gasteiger partial charge in [0, 0.05) is 178 Å². The normalized spacial score (nSPS) is 14.8. The summed E-state index contributed by atoms with van der Waals surface area (Å²) in [5, 5.41) is 9.96. The number of amides is 3. The first-order chi connectivity index (χ1) is 42.1. The molecule has 0 fully saturated rings. The Morgan fingerprint density at radius 1 is 0.414 bits per heavy atom. The highest BCUT2D eigenvalue weighted by Crippen LogP contribution is 2.47. The molecule has 3 aromatic heterocycles. The number of fused-ring (bicyclic) bond motifs is 3. The number of carbonyl (C=O) groups excluding carboxylic acids is 3.